The summed E-state index contributed by atoms with van der Waals surface area (Å²) < 4.78 is 43.9. The topological polar surface area (TPSA) is 39.2 Å². The number of ketones is 1. The number of hydrogen-bond donors (Lipinski definition) is 0. The van der Waals surface area contributed by atoms with Gasteiger partial charge in [0.25, 0.3) is 0 Å². The first-order valence-corrected chi connectivity index (χ1v) is 5.64. The Morgan fingerprint density at radius 3 is 2.35 bits per heavy atom. The van der Waals surface area contributed by atoms with E-state index in [1.165, 1.54) is 43.8 Å². The van der Waals surface area contributed by atoms with Crippen LogP contribution in [-0.4, -0.2) is 17.9 Å². The maximum Gasteiger partial charge on any atom is 0.417 e. The number of methoxy groups -OCH3 is 1. The molecule has 0 fully saturated rings. The van der Waals surface area contributed by atoms with Gasteiger partial charge in [-0.1, -0.05) is 6.07 Å². The van der Waals surface area contributed by atoms with E-state index in [-0.39, 0.29) is 11.3 Å². The Morgan fingerprint density at radius 1 is 1.15 bits per heavy atom. The fourth-order valence-electron chi connectivity index (χ4n) is 1.82. The van der Waals surface area contributed by atoms with Gasteiger partial charge in [-0.05, 0) is 24.3 Å². The Kier molecular flexibility index (Phi) is 3.74. The number of carbonyl (C=O) groups is 1. The second-order valence-corrected chi connectivity index (χ2v) is 3.95. The highest BCUT2D eigenvalue weighted by Crippen LogP contribution is 2.37. The Labute approximate surface area is 113 Å². The molecule has 0 amide bonds. The molecule has 0 aliphatic carbocycles. The normalized spacial score (nSPS) is 11.2. The third-order valence-corrected chi connectivity index (χ3v) is 2.72. The van der Waals surface area contributed by atoms with Crippen LogP contribution in [0, 0.1) is 0 Å². The van der Waals surface area contributed by atoms with Gasteiger partial charge >= 0.3 is 6.18 Å². The second-order valence-electron chi connectivity index (χ2n) is 3.95. The number of halogens is 3. The van der Waals surface area contributed by atoms with Gasteiger partial charge < -0.3 is 4.74 Å². The molecular weight excluding hydrogens is 271 g/mol. The van der Waals surface area contributed by atoms with Crippen molar-refractivity contribution in [3.63, 3.8) is 0 Å². The zero-order chi connectivity index (χ0) is 14.8. The summed E-state index contributed by atoms with van der Waals surface area (Å²) in [5.74, 6) is -0.862. The first-order valence-electron chi connectivity index (χ1n) is 5.64. The SMILES string of the molecule is COc1cccc(C(F)(F)F)c1C(=O)c1ccncc1. The third kappa shape index (κ3) is 2.64. The summed E-state index contributed by atoms with van der Waals surface area (Å²) >= 11 is 0. The quantitative estimate of drug-likeness (QED) is 0.810. The summed E-state index contributed by atoms with van der Waals surface area (Å²) in [5, 5.41) is 0. The van der Waals surface area contributed by atoms with Crippen molar-refractivity contribution in [2.24, 2.45) is 0 Å². The molecule has 1 heterocycles. The maximum absolute atomic E-state index is 13.0. The number of ether oxygens (including phenoxy) is 1. The molecule has 20 heavy (non-hydrogen) atoms. The van der Waals surface area contributed by atoms with Gasteiger partial charge in [-0.15, -0.1) is 0 Å². The third-order valence-electron chi connectivity index (χ3n) is 2.72. The van der Waals surface area contributed by atoms with Crippen LogP contribution in [0.2, 0.25) is 0 Å². The smallest absolute Gasteiger partial charge is 0.417 e. The molecule has 0 saturated heterocycles. The summed E-state index contributed by atoms with van der Waals surface area (Å²) in [4.78, 5) is 16.0. The Balaban J connectivity index is 2.63. The lowest BCUT2D eigenvalue weighted by atomic mass is 9.97. The highest BCUT2D eigenvalue weighted by Gasteiger charge is 2.37. The van der Waals surface area contributed by atoms with E-state index in [2.05, 4.69) is 4.98 Å². The van der Waals surface area contributed by atoms with Crippen LogP contribution >= 0.6 is 0 Å². The molecule has 0 aliphatic heterocycles. The van der Waals surface area contributed by atoms with Gasteiger partial charge in [0.15, 0.2) is 5.78 Å². The number of benzene rings is 1. The number of pyridine rings is 1. The molecule has 2 rings (SSSR count). The number of hydrogen-bond acceptors (Lipinski definition) is 3. The van der Waals surface area contributed by atoms with Crippen molar-refractivity contribution in [3.05, 3.63) is 59.4 Å². The van der Waals surface area contributed by atoms with Gasteiger partial charge in [-0.25, -0.2) is 0 Å². The molecule has 1 aromatic heterocycles. The van der Waals surface area contributed by atoms with E-state index < -0.39 is 23.1 Å². The van der Waals surface area contributed by atoms with Gasteiger partial charge in [0, 0.05) is 18.0 Å². The minimum Gasteiger partial charge on any atom is -0.496 e. The summed E-state index contributed by atoms with van der Waals surface area (Å²) in [5.41, 5.74) is -1.39. The zero-order valence-electron chi connectivity index (χ0n) is 10.4. The first kappa shape index (κ1) is 14.0. The van der Waals surface area contributed by atoms with E-state index in [1.54, 1.807) is 0 Å². The average Bonchev–Trinajstić information content (AvgIpc) is 2.45. The van der Waals surface area contributed by atoms with Crippen LogP contribution in [0.5, 0.6) is 5.75 Å². The van der Waals surface area contributed by atoms with Crippen molar-refractivity contribution < 1.29 is 22.7 Å². The number of rotatable bonds is 3. The Morgan fingerprint density at radius 2 is 1.80 bits per heavy atom. The van der Waals surface area contributed by atoms with Crippen molar-refractivity contribution in [3.8, 4) is 5.75 Å². The minimum absolute atomic E-state index is 0.110. The van der Waals surface area contributed by atoms with E-state index in [1.807, 2.05) is 0 Å². The second kappa shape index (κ2) is 5.32. The predicted molar refractivity (Wildman–Crippen MR) is 65.7 cm³/mol. The molecule has 0 spiro atoms. The van der Waals surface area contributed by atoms with E-state index in [0.29, 0.717) is 0 Å². The van der Waals surface area contributed by atoms with Crippen LogP contribution in [0.4, 0.5) is 13.2 Å². The van der Waals surface area contributed by atoms with Crippen LogP contribution < -0.4 is 4.74 Å². The number of carbonyl (C=O) groups excluding carboxylic acids is 1. The molecule has 2 aromatic rings. The molecule has 0 saturated carbocycles. The van der Waals surface area contributed by atoms with E-state index in [4.69, 9.17) is 4.74 Å². The van der Waals surface area contributed by atoms with Crippen molar-refractivity contribution in [1.29, 1.82) is 0 Å². The largest absolute Gasteiger partial charge is 0.496 e. The summed E-state index contributed by atoms with van der Waals surface area (Å²) in [6, 6.07) is 6.09. The van der Waals surface area contributed by atoms with Crippen LogP contribution in [0.15, 0.2) is 42.7 Å². The fourth-order valence-corrected chi connectivity index (χ4v) is 1.82. The molecule has 0 atom stereocenters. The standard InChI is InChI=1S/C14H10F3NO2/c1-20-11-4-2-3-10(14(15,16)17)12(11)13(19)9-5-7-18-8-6-9/h2-8H,1H3. The highest BCUT2D eigenvalue weighted by molar-refractivity contribution is 6.11. The van der Waals surface area contributed by atoms with Crippen LogP contribution in [0.3, 0.4) is 0 Å². The van der Waals surface area contributed by atoms with E-state index in [0.717, 1.165) is 6.07 Å². The molecular formula is C14H10F3NO2. The molecule has 0 bridgehead atoms. The fraction of sp³-hybridized carbons (Fsp3) is 0.143. The molecule has 6 heteroatoms. The summed E-state index contributed by atoms with van der Waals surface area (Å²) in [6.45, 7) is 0. The number of aromatic nitrogens is 1. The predicted octanol–water partition coefficient (Wildman–Crippen LogP) is 3.34. The minimum atomic E-state index is -4.63. The summed E-state index contributed by atoms with van der Waals surface area (Å²) in [6.07, 6.45) is -1.95. The van der Waals surface area contributed by atoms with E-state index in [9.17, 15) is 18.0 Å². The molecule has 0 radical (unpaired) electrons. The zero-order valence-corrected chi connectivity index (χ0v) is 10.4. The lowest BCUT2D eigenvalue weighted by molar-refractivity contribution is -0.138. The first-order chi connectivity index (χ1) is 9.45. The Hall–Kier alpha value is -2.37. The maximum atomic E-state index is 13.0. The van der Waals surface area contributed by atoms with Crippen molar-refractivity contribution in [1.82, 2.24) is 4.98 Å². The van der Waals surface area contributed by atoms with Gasteiger partial charge in [0.1, 0.15) is 5.75 Å². The lowest BCUT2D eigenvalue weighted by Crippen LogP contribution is -2.15. The molecule has 0 unspecified atom stereocenters. The molecule has 0 aliphatic rings. The van der Waals surface area contributed by atoms with Gasteiger partial charge in [0.05, 0.1) is 18.2 Å². The van der Waals surface area contributed by atoms with Gasteiger partial charge in [0.2, 0.25) is 0 Å². The summed E-state index contributed by atoms with van der Waals surface area (Å²) in [7, 11) is 1.22. The molecule has 0 N–H and O–H groups in total. The number of alkyl halides is 3. The highest BCUT2D eigenvalue weighted by atomic mass is 19.4. The monoisotopic (exact) mass is 281 g/mol. The van der Waals surface area contributed by atoms with Crippen molar-refractivity contribution >= 4 is 5.78 Å². The molecule has 3 nitrogen and oxygen atoms in total. The molecule has 104 valence electrons. The van der Waals surface area contributed by atoms with E-state index >= 15 is 0 Å². The van der Waals surface area contributed by atoms with Crippen LogP contribution in [0.25, 0.3) is 0 Å². The van der Waals surface area contributed by atoms with Crippen molar-refractivity contribution in [2.45, 2.75) is 6.18 Å². The average molecular weight is 281 g/mol. The van der Waals surface area contributed by atoms with Crippen LogP contribution in [0.1, 0.15) is 21.5 Å². The van der Waals surface area contributed by atoms with Gasteiger partial charge in [-0.3, -0.25) is 9.78 Å². The lowest BCUT2D eigenvalue weighted by Gasteiger charge is -2.15. The van der Waals surface area contributed by atoms with Gasteiger partial charge in [-0.2, -0.15) is 13.2 Å². The van der Waals surface area contributed by atoms with Crippen LogP contribution in [-0.2, 0) is 6.18 Å². The number of nitrogens with zero attached hydrogens (tertiary/aromatic N) is 1. The van der Waals surface area contributed by atoms with Crippen molar-refractivity contribution in [2.75, 3.05) is 7.11 Å². The Bertz CT molecular complexity index is 624. The molecule has 1 aromatic carbocycles.